The van der Waals surface area contributed by atoms with Crippen LogP contribution >= 0.6 is 0 Å². The summed E-state index contributed by atoms with van der Waals surface area (Å²) in [7, 11) is 9.13. The molecule has 0 saturated carbocycles. The third-order valence-corrected chi connectivity index (χ3v) is 8.55. The molecule has 0 fully saturated rings. The van der Waals surface area contributed by atoms with E-state index < -0.39 is 0 Å². The smallest absolute Gasteiger partial charge is 0.0524 e. The largest absolute Gasteiger partial charge is 0.306 e. The summed E-state index contributed by atoms with van der Waals surface area (Å²) in [4.78, 5) is 4.99. The van der Waals surface area contributed by atoms with Gasteiger partial charge in [0.1, 0.15) is 0 Å². The van der Waals surface area contributed by atoms with Crippen LogP contribution in [-0.2, 0) is 18.4 Å². The van der Waals surface area contributed by atoms with Gasteiger partial charge in [-0.15, -0.1) is 0 Å². The quantitative estimate of drug-likeness (QED) is 0.180. The lowest BCUT2D eigenvalue weighted by Crippen LogP contribution is -2.51. The molecule has 0 aliphatic carbocycles. The van der Waals surface area contributed by atoms with Crippen molar-refractivity contribution in [3.8, 4) is 0 Å². The first kappa shape index (κ1) is 28.1. The van der Waals surface area contributed by atoms with Crippen LogP contribution in [0.2, 0.25) is 0 Å². The molecule has 0 heterocycles. The Kier molecular flexibility index (Phi) is 9.77. The average molecular weight is 507 g/mol. The first-order chi connectivity index (χ1) is 18.4. The minimum absolute atomic E-state index is 0.120. The van der Waals surface area contributed by atoms with Gasteiger partial charge in [-0.2, -0.15) is 0 Å². The van der Waals surface area contributed by atoms with Gasteiger partial charge in [-0.3, -0.25) is 4.90 Å². The zero-order chi connectivity index (χ0) is 27.0. The summed E-state index contributed by atoms with van der Waals surface area (Å²) >= 11 is 0. The Bertz CT molecular complexity index is 1250. The molecular weight excluding hydrogens is 460 g/mol. The normalized spacial score (nSPS) is 15.0. The number of hydrogen-bond donors (Lipinski definition) is 0. The molecule has 0 radical (unpaired) electrons. The number of hydrogen-bond acceptors (Lipinski definition) is 2. The van der Waals surface area contributed by atoms with Crippen molar-refractivity contribution in [1.82, 2.24) is 9.80 Å². The monoisotopic (exact) mass is 506 g/mol. The van der Waals surface area contributed by atoms with Crippen LogP contribution in [-0.4, -0.2) is 44.0 Å². The fourth-order valence-corrected chi connectivity index (χ4v) is 6.32. The highest BCUT2D eigenvalue weighted by atomic mass is 15.2. The van der Waals surface area contributed by atoms with Crippen molar-refractivity contribution in [3.63, 3.8) is 0 Å². The molecule has 200 valence electrons. The molecule has 3 atom stereocenters. The number of benzene rings is 4. The molecule has 4 rings (SSSR count). The molecule has 2 heteroatoms. The summed E-state index contributed by atoms with van der Waals surface area (Å²) in [6.07, 6.45) is 6.90. The van der Waals surface area contributed by atoms with E-state index in [0.717, 1.165) is 19.3 Å². The van der Waals surface area contributed by atoms with Crippen LogP contribution in [0.3, 0.4) is 0 Å². The minimum Gasteiger partial charge on any atom is -0.306 e. The molecule has 0 aliphatic heterocycles. The standard InChI is InChI=1S/C36H46N2/c1-6-7-22-33(27-35(37(2)3)25-29-16-10-8-11-17-29)36(38(4)5,28-30-18-12-9-13-19-30)34-24-23-31-20-14-15-21-32(31)26-34/h8-21,23-24,26,33,35H,6-7,22,25,27-28H2,1-5H3. The van der Waals surface area contributed by atoms with Gasteiger partial charge in [-0.05, 0) is 93.3 Å². The Balaban J connectivity index is 1.84. The summed E-state index contributed by atoms with van der Waals surface area (Å²) in [6, 6.07) is 38.6. The Morgan fingerprint density at radius 3 is 1.89 bits per heavy atom. The molecule has 0 spiro atoms. The van der Waals surface area contributed by atoms with Crippen LogP contribution in [0.25, 0.3) is 10.8 Å². The SMILES string of the molecule is CCCCC(CC(Cc1ccccc1)N(C)C)C(Cc1ccccc1)(c1ccc2ccccc2c1)N(C)C. The molecule has 0 aromatic heterocycles. The van der Waals surface area contributed by atoms with Crippen molar-refractivity contribution in [2.45, 2.75) is 57.0 Å². The van der Waals surface area contributed by atoms with Crippen LogP contribution in [0.5, 0.6) is 0 Å². The maximum atomic E-state index is 2.54. The second-order valence-corrected chi connectivity index (χ2v) is 11.4. The fraction of sp³-hybridized carbons (Fsp3) is 0.389. The third kappa shape index (κ3) is 6.54. The highest BCUT2D eigenvalue weighted by Gasteiger charge is 2.43. The van der Waals surface area contributed by atoms with E-state index in [-0.39, 0.29) is 5.54 Å². The highest BCUT2D eigenvalue weighted by Crippen LogP contribution is 2.44. The van der Waals surface area contributed by atoms with Gasteiger partial charge in [0.2, 0.25) is 0 Å². The van der Waals surface area contributed by atoms with Crippen molar-refractivity contribution < 1.29 is 0 Å². The molecule has 3 unspecified atom stereocenters. The van der Waals surface area contributed by atoms with Gasteiger partial charge in [0, 0.05) is 6.04 Å². The van der Waals surface area contributed by atoms with E-state index in [1.807, 2.05) is 0 Å². The maximum Gasteiger partial charge on any atom is 0.0524 e. The topological polar surface area (TPSA) is 6.48 Å². The summed E-state index contributed by atoms with van der Waals surface area (Å²) in [5.74, 6) is 0.495. The second-order valence-electron chi connectivity index (χ2n) is 11.4. The van der Waals surface area contributed by atoms with E-state index in [1.54, 1.807) is 0 Å². The van der Waals surface area contributed by atoms with Gasteiger partial charge in [0.25, 0.3) is 0 Å². The Hall–Kier alpha value is -2.94. The van der Waals surface area contributed by atoms with Crippen LogP contribution < -0.4 is 0 Å². The molecule has 0 amide bonds. The van der Waals surface area contributed by atoms with E-state index in [9.17, 15) is 0 Å². The first-order valence-corrected chi connectivity index (χ1v) is 14.3. The summed E-state index contributed by atoms with van der Waals surface area (Å²) < 4.78 is 0. The van der Waals surface area contributed by atoms with Crippen molar-refractivity contribution in [1.29, 1.82) is 0 Å². The van der Waals surface area contributed by atoms with Crippen molar-refractivity contribution >= 4 is 10.8 Å². The van der Waals surface area contributed by atoms with E-state index in [1.165, 1.54) is 46.7 Å². The minimum atomic E-state index is -0.120. The summed E-state index contributed by atoms with van der Waals surface area (Å²) in [5, 5.41) is 2.64. The molecule has 0 saturated heterocycles. The summed E-state index contributed by atoms with van der Waals surface area (Å²) in [6.45, 7) is 2.33. The number of fused-ring (bicyclic) bond motifs is 1. The van der Waals surface area contributed by atoms with Gasteiger partial charge in [-0.1, -0.05) is 117 Å². The molecule has 0 bridgehead atoms. The maximum absolute atomic E-state index is 2.54. The van der Waals surface area contributed by atoms with Crippen LogP contribution in [0.15, 0.2) is 103 Å². The Labute approximate surface area is 231 Å². The first-order valence-electron chi connectivity index (χ1n) is 14.3. The average Bonchev–Trinajstić information content (AvgIpc) is 2.94. The van der Waals surface area contributed by atoms with Crippen molar-refractivity contribution in [3.05, 3.63) is 120 Å². The molecule has 0 N–H and O–H groups in total. The van der Waals surface area contributed by atoms with E-state index in [4.69, 9.17) is 0 Å². The lowest BCUT2D eigenvalue weighted by atomic mass is 9.68. The van der Waals surface area contributed by atoms with E-state index >= 15 is 0 Å². The van der Waals surface area contributed by atoms with Gasteiger partial charge in [-0.25, -0.2) is 0 Å². The van der Waals surface area contributed by atoms with Crippen LogP contribution in [0.1, 0.15) is 49.3 Å². The molecule has 2 nitrogen and oxygen atoms in total. The zero-order valence-electron chi connectivity index (χ0n) is 24.1. The van der Waals surface area contributed by atoms with Gasteiger partial charge in [0.05, 0.1) is 5.54 Å². The molecule has 38 heavy (non-hydrogen) atoms. The lowest BCUT2D eigenvalue weighted by Gasteiger charge is -2.49. The lowest BCUT2D eigenvalue weighted by molar-refractivity contribution is 0.0456. The fourth-order valence-electron chi connectivity index (χ4n) is 6.32. The highest BCUT2D eigenvalue weighted by molar-refractivity contribution is 5.83. The Morgan fingerprint density at radius 2 is 1.29 bits per heavy atom. The number of rotatable bonds is 13. The molecule has 0 aliphatic rings. The predicted molar refractivity (Wildman–Crippen MR) is 165 cm³/mol. The van der Waals surface area contributed by atoms with Crippen LogP contribution in [0.4, 0.5) is 0 Å². The van der Waals surface area contributed by atoms with Crippen molar-refractivity contribution in [2.75, 3.05) is 28.2 Å². The zero-order valence-corrected chi connectivity index (χ0v) is 24.1. The Morgan fingerprint density at radius 1 is 0.684 bits per heavy atom. The molecule has 4 aromatic carbocycles. The van der Waals surface area contributed by atoms with Crippen LogP contribution in [0, 0.1) is 5.92 Å². The number of unbranched alkanes of at least 4 members (excludes halogenated alkanes) is 1. The molecule has 4 aromatic rings. The molecular formula is C36H46N2. The summed E-state index contributed by atoms with van der Waals surface area (Å²) in [5.41, 5.74) is 4.14. The van der Waals surface area contributed by atoms with E-state index in [0.29, 0.717) is 12.0 Å². The van der Waals surface area contributed by atoms with Gasteiger partial charge >= 0.3 is 0 Å². The second kappa shape index (κ2) is 13.2. The van der Waals surface area contributed by atoms with Gasteiger partial charge < -0.3 is 4.90 Å². The predicted octanol–water partition coefficient (Wildman–Crippen LogP) is 8.21. The van der Waals surface area contributed by atoms with Gasteiger partial charge in [0.15, 0.2) is 0 Å². The van der Waals surface area contributed by atoms with E-state index in [2.05, 4.69) is 148 Å². The number of nitrogens with zero attached hydrogens (tertiary/aromatic N) is 2. The van der Waals surface area contributed by atoms with Crippen molar-refractivity contribution in [2.24, 2.45) is 5.92 Å². The third-order valence-electron chi connectivity index (χ3n) is 8.55. The number of likely N-dealkylation sites (N-methyl/N-ethyl adjacent to an activating group) is 2.